The second-order valence-corrected chi connectivity index (χ2v) is 8.00. The van der Waals surface area contributed by atoms with Crippen molar-refractivity contribution >= 4 is 17.5 Å². The van der Waals surface area contributed by atoms with Crippen molar-refractivity contribution in [2.75, 3.05) is 0 Å². The van der Waals surface area contributed by atoms with E-state index in [0.717, 1.165) is 19.3 Å². The lowest BCUT2D eigenvalue weighted by molar-refractivity contribution is 0.0847. The molecule has 1 saturated carbocycles. The van der Waals surface area contributed by atoms with Crippen molar-refractivity contribution in [1.29, 1.82) is 0 Å². The number of amides is 1. The highest BCUT2D eigenvalue weighted by atomic mass is 35.5. The Labute approximate surface area is 178 Å². The maximum Gasteiger partial charge on any atom is 0.276 e. The Hall–Kier alpha value is -3.00. The number of aromatic nitrogens is 4. The van der Waals surface area contributed by atoms with Gasteiger partial charge in [0.05, 0.1) is 10.7 Å². The summed E-state index contributed by atoms with van der Waals surface area (Å²) >= 11 is 6.30. The van der Waals surface area contributed by atoms with Gasteiger partial charge in [-0.2, -0.15) is 10.1 Å². The number of benzene rings is 1. The highest BCUT2D eigenvalue weighted by molar-refractivity contribution is 6.32. The summed E-state index contributed by atoms with van der Waals surface area (Å²) in [6, 6.07) is 8.51. The molecular weight excluding hydrogens is 406 g/mol. The standard InChI is InChI=1S/C21H22ClN5O3/c1-13-12-17(28)18(25-27(13)16-9-5-4-8-15(16)22)19(29)24-21(10-6-3-7-11-21)20-23-14(2)30-26-20/h4-5,8-9,12H,3,6-7,10-11H2,1-2H3,(H,24,29). The molecule has 0 spiro atoms. The number of nitrogens with zero attached hydrogens (tertiary/aromatic N) is 4. The van der Waals surface area contributed by atoms with Gasteiger partial charge in [0.25, 0.3) is 5.91 Å². The van der Waals surface area contributed by atoms with Gasteiger partial charge in [-0.1, -0.05) is 48.2 Å². The zero-order valence-corrected chi connectivity index (χ0v) is 17.6. The molecule has 8 nitrogen and oxygen atoms in total. The normalized spacial score (nSPS) is 15.7. The first-order chi connectivity index (χ1) is 14.4. The summed E-state index contributed by atoms with van der Waals surface area (Å²) in [5.74, 6) is 0.301. The van der Waals surface area contributed by atoms with Crippen molar-refractivity contribution in [3.05, 3.63) is 68.7 Å². The van der Waals surface area contributed by atoms with Crippen LogP contribution in [0.1, 0.15) is 60.0 Å². The summed E-state index contributed by atoms with van der Waals surface area (Å²) in [7, 11) is 0. The van der Waals surface area contributed by atoms with Crippen LogP contribution in [0.15, 0.2) is 39.6 Å². The first kappa shape index (κ1) is 20.3. The fourth-order valence-electron chi connectivity index (χ4n) is 3.90. The van der Waals surface area contributed by atoms with Crippen LogP contribution in [-0.4, -0.2) is 25.8 Å². The van der Waals surface area contributed by atoms with Gasteiger partial charge in [0.1, 0.15) is 5.54 Å². The fourth-order valence-corrected chi connectivity index (χ4v) is 4.12. The molecular formula is C21H22ClN5O3. The predicted octanol–water partition coefficient (Wildman–Crippen LogP) is 3.48. The lowest BCUT2D eigenvalue weighted by Gasteiger charge is -2.35. The minimum Gasteiger partial charge on any atom is -0.340 e. The summed E-state index contributed by atoms with van der Waals surface area (Å²) in [6.07, 6.45) is 4.24. The number of halogens is 1. The minimum atomic E-state index is -0.776. The number of carbonyl (C=O) groups is 1. The van der Waals surface area contributed by atoms with E-state index in [-0.39, 0.29) is 5.69 Å². The molecule has 3 aromatic rings. The van der Waals surface area contributed by atoms with Gasteiger partial charge >= 0.3 is 0 Å². The van der Waals surface area contributed by atoms with Gasteiger partial charge in [-0.05, 0) is 31.9 Å². The molecule has 0 aliphatic heterocycles. The van der Waals surface area contributed by atoms with E-state index in [0.29, 0.717) is 41.0 Å². The molecule has 156 valence electrons. The number of nitrogens with one attached hydrogen (secondary N) is 1. The molecule has 2 heterocycles. The molecule has 9 heteroatoms. The molecule has 4 rings (SSSR count). The Morgan fingerprint density at radius 2 is 1.93 bits per heavy atom. The van der Waals surface area contributed by atoms with Gasteiger partial charge < -0.3 is 9.84 Å². The zero-order valence-electron chi connectivity index (χ0n) is 16.8. The summed E-state index contributed by atoms with van der Waals surface area (Å²) in [5, 5.41) is 11.9. The average molecular weight is 428 g/mol. The monoisotopic (exact) mass is 427 g/mol. The smallest absolute Gasteiger partial charge is 0.276 e. The van der Waals surface area contributed by atoms with Crippen molar-refractivity contribution in [1.82, 2.24) is 25.2 Å². The molecule has 0 saturated heterocycles. The number of para-hydroxylation sites is 1. The van der Waals surface area contributed by atoms with E-state index in [1.165, 1.54) is 10.7 Å². The fraction of sp³-hybridized carbons (Fsp3) is 0.381. The average Bonchev–Trinajstić information content (AvgIpc) is 3.16. The van der Waals surface area contributed by atoms with Crippen LogP contribution in [0.5, 0.6) is 0 Å². The quantitative estimate of drug-likeness (QED) is 0.683. The highest BCUT2D eigenvalue weighted by Crippen LogP contribution is 2.35. The largest absolute Gasteiger partial charge is 0.340 e. The molecule has 1 aromatic carbocycles. The van der Waals surface area contributed by atoms with Crippen molar-refractivity contribution in [3.63, 3.8) is 0 Å². The second kappa shape index (κ2) is 8.02. The van der Waals surface area contributed by atoms with E-state index in [4.69, 9.17) is 16.1 Å². The van der Waals surface area contributed by atoms with Gasteiger partial charge in [0.2, 0.25) is 11.3 Å². The summed E-state index contributed by atoms with van der Waals surface area (Å²) < 4.78 is 6.66. The Morgan fingerprint density at radius 3 is 2.60 bits per heavy atom. The molecule has 2 aromatic heterocycles. The third kappa shape index (κ3) is 3.75. The van der Waals surface area contributed by atoms with Crippen molar-refractivity contribution in [2.24, 2.45) is 0 Å². The third-order valence-electron chi connectivity index (χ3n) is 5.42. The maximum atomic E-state index is 13.2. The number of carbonyl (C=O) groups excluding carboxylic acids is 1. The van der Waals surface area contributed by atoms with Crippen LogP contribution in [0.25, 0.3) is 5.69 Å². The van der Waals surface area contributed by atoms with E-state index < -0.39 is 16.9 Å². The lowest BCUT2D eigenvalue weighted by atomic mass is 9.81. The van der Waals surface area contributed by atoms with E-state index in [1.54, 1.807) is 32.0 Å². The molecule has 0 unspecified atom stereocenters. The van der Waals surface area contributed by atoms with Crippen LogP contribution < -0.4 is 10.7 Å². The van der Waals surface area contributed by atoms with E-state index in [9.17, 15) is 9.59 Å². The third-order valence-corrected chi connectivity index (χ3v) is 5.74. The summed E-state index contributed by atoms with van der Waals surface area (Å²) in [4.78, 5) is 30.2. The molecule has 1 fully saturated rings. The number of aryl methyl sites for hydroxylation is 2. The first-order valence-corrected chi connectivity index (χ1v) is 10.3. The zero-order chi connectivity index (χ0) is 21.3. The molecule has 0 atom stereocenters. The highest BCUT2D eigenvalue weighted by Gasteiger charge is 2.40. The second-order valence-electron chi connectivity index (χ2n) is 7.60. The van der Waals surface area contributed by atoms with Crippen LogP contribution in [0.2, 0.25) is 5.02 Å². The van der Waals surface area contributed by atoms with Gasteiger partial charge in [-0.25, -0.2) is 4.68 Å². The first-order valence-electron chi connectivity index (χ1n) is 9.89. The Bertz CT molecular complexity index is 1150. The lowest BCUT2D eigenvalue weighted by Crippen LogP contribution is -2.49. The van der Waals surface area contributed by atoms with Crippen LogP contribution in [0, 0.1) is 13.8 Å². The van der Waals surface area contributed by atoms with Crippen LogP contribution in [0.3, 0.4) is 0 Å². The van der Waals surface area contributed by atoms with E-state index in [1.807, 2.05) is 6.07 Å². The van der Waals surface area contributed by atoms with Crippen LogP contribution >= 0.6 is 11.6 Å². The topological polar surface area (TPSA) is 103 Å². The molecule has 1 N–H and O–H groups in total. The predicted molar refractivity (Wildman–Crippen MR) is 111 cm³/mol. The summed E-state index contributed by atoms with van der Waals surface area (Å²) in [5.41, 5.74) is -0.270. The molecule has 0 radical (unpaired) electrons. The van der Waals surface area contributed by atoms with Gasteiger partial charge in [-0.3, -0.25) is 9.59 Å². The van der Waals surface area contributed by atoms with E-state index in [2.05, 4.69) is 20.6 Å². The van der Waals surface area contributed by atoms with E-state index >= 15 is 0 Å². The molecule has 0 bridgehead atoms. The maximum absolute atomic E-state index is 13.2. The van der Waals surface area contributed by atoms with Crippen LogP contribution in [-0.2, 0) is 5.54 Å². The molecule has 1 aliphatic carbocycles. The number of rotatable bonds is 4. The van der Waals surface area contributed by atoms with Gasteiger partial charge in [0, 0.05) is 18.7 Å². The van der Waals surface area contributed by atoms with Gasteiger partial charge in [-0.15, -0.1) is 0 Å². The Morgan fingerprint density at radius 1 is 1.20 bits per heavy atom. The minimum absolute atomic E-state index is 0.203. The SMILES string of the molecule is Cc1nc(C2(NC(=O)c3nn(-c4ccccc4Cl)c(C)cc3=O)CCCCC2)no1. The summed E-state index contributed by atoms with van der Waals surface area (Å²) in [6.45, 7) is 3.45. The van der Waals surface area contributed by atoms with Crippen molar-refractivity contribution in [3.8, 4) is 5.69 Å². The molecule has 1 amide bonds. The number of hydrogen-bond acceptors (Lipinski definition) is 6. The Balaban J connectivity index is 1.73. The van der Waals surface area contributed by atoms with Crippen LogP contribution in [0.4, 0.5) is 0 Å². The molecule has 1 aliphatic rings. The van der Waals surface area contributed by atoms with Crippen molar-refractivity contribution < 1.29 is 9.32 Å². The van der Waals surface area contributed by atoms with Gasteiger partial charge in [0.15, 0.2) is 11.5 Å². The Kier molecular flexibility index (Phi) is 5.42. The number of hydrogen-bond donors (Lipinski definition) is 1. The molecule has 30 heavy (non-hydrogen) atoms. The van der Waals surface area contributed by atoms with Crippen molar-refractivity contribution in [2.45, 2.75) is 51.5 Å².